The lowest BCUT2D eigenvalue weighted by Crippen LogP contribution is -2.55. The van der Waals surface area contributed by atoms with Crippen molar-refractivity contribution in [2.45, 2.75) is 37.8 Å². The second kappa shape index (κ2) is 5.87. The van der Waals surface area contributed by atoms with Gasteiger partial charge < -0.3 is 25.5 Å². The minimum atomic E-state index is -1.48. The van der Waals surface area contributed by atoms with Gasteiger partial charge >= 0.3 is 18.0 Å². The number of urea groups is 1. The number of aliphatic hydroxyl groups is 1. The van der Waals surface area contributed by atoms with Crippen molar-refractivity contribution in [2.75, 3.05) is 13.1 Å². The molecule has 0 saturated carbocycles. The predicted molar refractivity (Wildman–Crippen MR) is 63.6 cm³/mol. The summed E-state index contributed by atoms with van der Waals surface area (Å²) in [6.07, 6.45) is 0.483. The SMILES string of the molecule is CC1(O)CCCN(C(=O)NC(CC(=O)O)C(=O)O)C1. The number of carboxylic acid groups (broad SMARTS) is 2. The number of likely N-dealkylation sites (tertiary alicyclic amines) is 1. The van der Waals surface area contributed by atoms with E-state index in [2.05, 4.69) is 5.32 Å². The van der Waals surface area contributed by atoms with Gasteiger partial charge in [-0.3, -0.25) is 4.79 Å². The van der Waals surface area contributed by atoms with E-state index in [4.69, 9.17) is 10.2 Å². The largest absolute Gasteiger partial charge is 0.481 e. The molecule has 108 valence electrons. The van der Waals surface area contributed by atoms with E-state index in [0.717, 1.165) is 0 Å². The van der Waals surface area contributed by atoms with E-state index in [1.165, 1.54) is 4.90 Å². The Hall–Kier alpha value is -1.83. The van der Waals surface area contributed by atoms with Crippen LogP contribution in [0, 0.1) is 0 Å². The summed E-state index contributed by atoms with van der Waals surface area (Å²) in [5, 5.41) is 29.4. The van der Waals surface area contributed by atoms with Gasteiger partial charge in [0.25, 0.3) is 0 Å². The van der Waals surface area contributed by atoms with Crippen LogP contribution in [-0.4, -0.2) is 62.9 Å². The maximum Gasteiger partial charge on any atom is 0.326 e. The summed E-state index contributed by atoms with van der Waals surface area (Å²) in [5.74, 6) is -2.71. The van der Waals surface area contributed by atoms with Crippen molar-refractivity contribution in [1.29, 1.82) is 0 Å². The van der Waals surface area contributed by atoms with E-state index in [9.17, 15) is 19.5 Å². The third kappa shape index (κ3) is 4.74. The summed E-state index contributed by atoms with van der Waals surface area (Å²) in [5.41, 5.74) is -0.999. The standard InChI is InChI=1S/C11H18N2O6/c1-11(19)3-2-4-13(6-11)10(18)12-7(9(16)17)5-8(14)15/h7,19H,2-6H2,1H3,(H,12,18)(H,14,15)(H,16,17). The van der Waals surface area contributed by atoms with Gasteiger partial charge in [-0.25, -0.2) is 9.59 Å². The molecule has 1 rings (SSSR count). The number of aliphatic carboxylic acids is 2. The number of carbonyl (C=O) groups is 3. The minimum Gasteiger partial charge on any atom is -0.481 e. The highest BCUT2D eigenvalue weighted by molar-refractivity contribution is 5.86. The van der Waals surface area contributed by atoms with E-state index in [1.807, 2.05) is 0 Å². The van der Waals surface area contributed by atoms with E-state index in [1.54, 1.807) is 6.92 Å². The number of nitrogens with zero attached hydrogens (tertiary/aromatic N) is 1. The molecule has 1 saturated heterocycles. The van der Waals surface area contributed by atoms with Gasteiger partial charge in [-0.1, -0.05) is 0 Å². The Balaban J connectivity index is 2.61. The number of rotatable bonds is 4. The molecule has 8 heteroatoms. The van der Waals surface area contributed by atoms with Crippen LogP contribution >= 0.6 is 0 Å². The number of β-amino-alcohol motifs (C(OH)–C–C–N with tert-alkyl or cyclic N) is 1. The zero-order valence-corrected chi connectivity index (χ0v) is 10.6. The molecule has 2 unspecified atom stereocenters. The van der Waals surface area contributed by atoms with Crippen LogP contribution in [0.25, 0.3) is 0 Å². The van der Waals surface area contributed by atoms with Gasteiger partial charge in [-0.15, -0.1) is 0 Å². The van der Waals surface area contributed by atoms with Crippen LogP contribution in [0.15, 0.2) is 0 Å². The first-order valence-corrected chi connectivity index (χ1v) is 5.94. The molecular formula is C11H18N2O6. The highest BCUT2D eigenvalue weighted by atomic mass is 16.4. The van der Waals surface area contributed by atoms with Gasteiger partial charge in [0, 0.05) is 6.54 Å². The molecule has 0 radical (unpaired) electrons. The summed E-state index contributed by atoms with van der Waals surface area (Å²) in [6, 6.07) is -2.15. The monoisotopic (exact) mass is 274 g/mol. The topological polar surface area (TPSA) is 127 Å². The molecule has 4 N–H and O–H groups in total. The third-order valence-corrected chi connectivity index (χ3v) is 2.94. The first-order chi connectivity index (χ1) is 8.71. The molecule has 0 aliphatic carbocycles. The molecule has 2 amide bonds. The lowest BCUT2D eigenvalue weighted by molar-refractivity contribution is -0.145. The van der Waals surface area contributed by atoms with Crippen LogP contribution in [0.4, 0.5) is 4.79 Å². The van der Waals surface area contributed by atoms with Crippen molar-refractivity contribution in [2.24, 2.45) is 0 Å². The lowest BCUT2D eigenvalue weighted by atomic mass is 9.95. The van der Waals surface area contributed by atoms with Crippen molar-refractivity contribution in [3.05, 3.63) is 0 Å². The molecule has 1 aliphatic rings. The molecule has 2 atom stereocenters. The number of hydrogen-bond acceptors (Lipinski definition) is 4. The summed E-state index contributed by atoms with van der Waals surface area (Å²) < 4.78 is 0. The zero-order valence-electron chi connectivity index (χ0n) is 10.6. The molecule has 19 heavy (non-hydrogen) atoms. The molecule has 0 aromatic rings. The highest BCUT2D eigenvalue weighted by Crippen LogP contribution is 2.20. The van der Waals surface area contributed by atoms with E-state index in [-0.39, 0.29) is 6.54 Å². The smallest absolute Gasteiger partial charge is 0.326 e. The average Bonchev–Trinajstić information content (AvgIpc) is 2.25. The fourth-order valence-electron chi connectivity index (χ4n) is 2.01. The molecule has 1 aliphatic heterocycles. The van der Waals surface area contributed by atoms with E-state index >= 15 is 0 Å². The van der Waals surface area contributed by atoms with Crippen molar-refractivity contribution in [3.8, 4) is 0 Å². The van der Waals surface area contributed by atoms with Gasteiger partial charge in [-0.05, 0) is 19.8 Å². The van der Waals surface area contributed by atoms with Crippen LogP contribution < -0.4 is 5.32 Å². The number of piperidine rings is 1. The highest BCUT2D eigenvalue weighted by Gasteiger charge is 2.33. The van der Waals surface area contributed by atoms with E-state index in [0.29, 0.717) is 19.4 Å². The number of amides is 2. The second-order valence-electron chi connectivity index (χ2n) is 4.96. The Labute approximate surface area is 110 Å². The Morgan fingerprint density at radius 1 is 1.37 bits per heavy atom. The Morgan fingerprint density at radius 2 is 2.00 bits per heavy atom. The first-order valence-electron chi connectivity index (χ1n) is 5.94. The summed E-state index contributed by atoms with van der Waals surface area (Å²) >= 11 is 0. The van der Waals surface area contributed by atoms with E-state index < -0.39 is 36.0 Å². The quantitative estimate of drug-likeness (QED) is 0.546. The number of carboxylic acids is 2. The molecule has 8 nitrogen and oxygen atoms in total. The first kappa shape index (κ1) is 15.2. The fourth-order valence-corrected chi connectivity index (χ4v) is 2.01. The van der Waals surface area contributed by atoms with Gasteiger partial charge in [0.15, 0.2) is 0 Å². The maximum atomic E-state index is 11.8. The van der Waals surface area contributed by atoms with Crippen LogP contribution in [-0.2, 0) is 9.59 Å². The van der Waals surface area contributed by atoms with Crippen molar-refractivity contribution in [3.63, 3.8) is 0 Å². The van der Waals surface area contributed by atoms with Crippen LogP contribution in [0.5, 0.6) is 0 Å². The molecule has 1 heterocycles. The molecule has 0 bridgehead atoms. The lowest BCUT2D eigenvalue weighted by Gasteiger charge is -2.37. The van der Waals surface area contributed by atoms with Crippen LogP contribution in [0.1, 0.15) is 26.2 Å². The molecule has 0 aromatic carbocycles. The number of nitrogens with one attached hydrogen (secondary N) is 1. The van der Waals surface area contributed by atoms with Crippen LogP contribution in [0.3, 0.4) is 0 Å². The Bertz CT molecular complexity index is 381. The van der Waals surface area contributed by atoms with Gasteiger partial charge in [0.1, 0.15) is 6.04 Å². The normalized spacial score (nSPS) is 24.6. The number of carbonyl (C=O) groups excluding carboxylic acids is 1. The van der Waals surface area contributed by atoms with Gasteiger partial charge in [-0.2, -0.15) is 0 Å². The van der Waals surface area contributed by atoms with Crippen LogP contribution in [0.2, 0.25) is 0 Å². The fraction of sp³-hybridized carbons (Fsp3) is 0.727. The van der Waals surface area contributed by atoms with Crippen molar-refractivity contribution >= 4 is 18.0 Å². The average molecular weight is 274 g/mol. The summed E-state index contributed by atoms with van der Waals surface area (Å²) in [6.45, 7) is 2.10. The molecular weight excluding hydrogens is 256 g/mol. The predicted octanol–water partition coefficient (Wildman–Crippen LogP) is -0.529. The molecule has 1 fully saturated rings. The third-order valence-electron chi connectivity index (χ3n) is 2.94. The molecule has 0 aromatic heterocycles. The second-order valence-corrected chi connectivity index (χ2v) is 4.96. The van der Waals surface area contributed by atoms with Crippen molar-refractivity contribution < 1.29 is 29.7 Å². The Kier molecular flexibility index (Phi) is 4.71. The minimum absolute atomic E-state index is 0.0955. The van der Waals surface area contributed by atoms with Crippen molar-refractivity contribution in [1.82, 2.24) is 10.2 Å². The number of hydrogen-bond donors (Lipinski definition) is 4. The van der Waals surface area contributed by atoms with Gasteiger partial charge in [0.2, 0.25) is 0 Å². The zero-order chi connectivity index (χ0) is 14.6. The van der Waals surface area contributed by atoms with Gasteiger partial charge in [0.05, 0.1) is 18.6 Å². The summed E-state index contributed by atoms with van der Waals surface area (Å²) in [7, 11) is 0. The maximum absolute atomic E-state index is 11.8. The molecule has 0 spiro atoms. The summed E-state index contributed by atoms with van der Waals surface area (Å²) in [4.78, 5) is 34.5. The Morgan fingerprint density at radius 3 is 2.47 bits per heavy atom.